The second-order valence-corrected chi connectivity index (χ2v) is 4.54. The molecule has 0 saturated carbocycles. The van der Waals surface area contributed by atoms with Crippen LogP contribution in [0.5, 0.6) is 5.75 Å². The summed E-state index contributed by atoms with van der Waals surface area (Å²) < 4.78 is 10.3. The molecule has 5 atom stereocenters. The minimum atomic E-state index is -1.62. The lowest BCUT2D eigenvalue weighted by Crippen LogP contribution is -2.60. The maximum Gasteiger partial charge on any atom is 0.311 e. The van der Waals surface area contributed by atoms with Gasteiger partial charge in [-0.3, -0.25) is 10.1 Å². The van der Waals surface area contributed by atoms with Crippen molar-refractivity contribution >= 4 is 5.69 Å². The van der Waals surface area contributed by atoms with Crippen LogP contribution in [0.3, 0.4) is 0 Å². The van der Waals surface area contributed by atoms with Gasteiger partial charge in [0, 0.05) is 6.07 Å². The minimum absolute atomic E-state index is 0.160. The number of aliphatic hydroxyl groups excluding tert-OH is 4. The van der Waals surface area contributed by atoms with Crippen molar-refractivity contribution in [1.82, 2.24) is 0 Å². The second kappa shape index (κ2) is 6.33. The fourth-order valence-corrected chi connectivity index (χ4v) is 2.00. The van der Waals surface area contributed by atoms with Crippen molar-refractivity contribution in [3.8, 4) is 5.75 Å². The van der Waals surface area contributed by atoms with E-state index in [9.17, 15) is 25.4 Å². The third-order valence-electron chi connectivity index (χ3n) is 3.15. The van der Waals surface area contributed by atoms with Gasteiger partial charge in [0.05, 0.1) is 11.5 Å². The number of benzene rings is 1. The molecular formula is C12H15NO8. The smallest absolute Gasteiger partial charge is 0.311 e. The van der Waals surface area contributed by atoms with E-state index in [1.807, 2.05) is 0 Å². The summed E-state index contributed by atoms with van der Waals surface area (Å²) in [5.41, 5.74) is -0.338. The molecule has 116 valence electrons. The topological polar surface area (TPSA) is 143 Å². The van der Waals surface area contributed by atoms with Crippen LogP contribution in [0.15, 0.2) is 24.3 Å². The first-order chi connectivity index (χ1) is 9.95. The van der Waals surface area contributed by atoms with Crippen LogP contribution >= 0.6 is 0 Å². The number of ether oxygens (including phenoxy) is 2. The quantitative estimate of drug-likeness (QED) is 0.400. The third-order valence-corrected chi connectivity index (χ3v) is 3.15. The van der Waals surface area contributed by atoms with Crippen LogP contribution in [0.1, 0.15) is 0 Å². The van der Waals surface area contributed by atoms with E-state index in [0.717, 1.165) is 0 Å². The van der Waals surface area contributed by atoms with Crippen LogP contribution in [-0.2, 0) is 4.74 Å². The Morgan fingerprint density at radius 1 is 1.19 bits per heavy atom. The van der Waals surface area contributed by atoms with Crippen molar-refractivity contribution in [2.24, 2.45) is 0 Å². The van der Waals surface area contributed by atoms with Gasteiger partial charge in [0.25, 0.3) is 0 Å². The van der Waals surface area contributed by atoms with Gasteiger partial charge in [-0.25, -0.2) is 0 Å². The van der Waals surface area contributed by atoms with Gasteiger partial charge >= 0.3 is 5.69 Å². The molecule has 4 N–H and O–H groups in total. The molecule has 21 heavy (non-hydrogen) atoms. The Morgan fingerprint density at radius 2 is 1.86 bits per heavy atom. The summed E-state index contributed by atoms with van der Waals surface area (Å²) >= 11 is 0. The maximum atomic E-state index is 10.9. The van der Waals surface area contributed by atoms with Gasteiger partial charge in [0.2, 0.25) is 6.29 Å². The molecule has 9 nitrogen and oxygen atoms in total. The highest BCUT2D eigenvalue weighted by molar-refractivity contribution is 5.45. The summed E-state index contributed by atoms with van der Waals surface area (Å²) in [5, 5.41) is 49.0. The van der Waals surface area contributed by atoms with Crippen LogP contribution in [0.4, 0.5) is 5.69 Å². The standard InChI is InChI=1S/C12H15NO8/c14-5-8-9(15)10(16)11(17)12(21-8)20-7-4-2-1-3-6(7)13(18)19/h1-4,8-12,14-17H,5H2/t8-,9-,10+,11+,12+/m1/s1. The van der Waals surface area contributed by atoms with Gasteiger partial charge < -0.3 is 29.9 Å². The lowest BCUT2D eigenvalue weighted by Gasteiger charge is -2.39. The Kier molecular flexibility index (Phi) is 4.70. The van der Waals surface area contributed by atoms with Gasteiger partial charge in [0.1, 0.15) is 24.4 Å². The van der Waals surface area contributed by atoms with Crippen molar-refractivity contribution in [3.63, 3.8) is 0 Å². The van der Waals surface area contributed by atoms with Crippen molar-refractivity contribution in [1.29, 1.82) is 0 Å². The molecule has 1 aromatic rings. The van der Waals surface area contributed by atoms with Crippen molar-refractivity contribution in [2.75, 3.05) is 6.61 Å². The Hall–Kier alpha value is -1.78. The normalized spacial score (nSPS) is 32.7. The van der Waals surface area contributed by atoms with Crippen LogP contribution in [-0.4, -0.2) is 62.7 Å². The number of nitro benzene ring substituents is 1. The van der Waals surface area contributed by atoms with Crippen molar-refractivity contribution < 1.29 is 34.8 Å². The summed E-state index contributed by atoms with van der Waals surface area (Å²) in [4.78, 5) is 10.2. The summed E-state index contributed by atoms with van der Waals surface area (Å²) in [6.45, 7) is -0.609. The van der Waals surface area contributed by atoms with Gasteiger partial charge in [-0.1, -0.05) is 12.1 Å². The average molecular weight is 301 g/mol. The maximum absolute atomic E-state index is 10.9. The highest BCUT2D eigenvalue weighted by Crippen LogP contribution is 2.30. The summed E-state index contributed by atoms with van der Waals surface area (Å²) in [7, 11) is 0. The highest BCUT2D eigenvalue weighted by atomic mass is 16.7. The zero-order chi connectivity index (χ0) is 15.6. The molecule has 0 radical (unpaired) electrons. The van der Waals surface area contributed by atoms with Crippen LogP contribution in [0.2, 0.25) is 0 Å². The molecule has 9 heteroatoms. The summed E-state index contributed by atoms with van der Waals surface area (Å²) in [6, 6.07) is 5.45. The van der Waals surface area contributed by atoms with Crippen LogP contribution in [0, 0.1) is 10.1 Å². The number of para-hydroxylation sites is 2. The molecule has 0 amide bonds. The summed E-state index contributed by atoms with van der Waals surface area (Å²) in [5.74, 6) is -0.160. The Balaban J connectivity index is 2.20. The zero-order valence-electron chi connectivity index (χ0n) is 10.8. The van der Waals surface area contributed by atoms with E-state index in [4.69, 9.17) is 14.6 Å². The van der Waals surface area contributed by atoms with E-state index in [1.165, 1.54) is 24.3 Å². The molecule has 1 aromatic carbocycles. The number of hydrogen-bond acceptors (Lipinski definition) is 8. The molecule has 2 rings (SSSR count). The molecule has 0 spiro atoms. The predicted molar refractivity (Wildman–Crippen MR) is 67.5 cm³/mol. The predicted octanol–water partition coefficient (Wildman–Crippen LogP) is -1.23. The van der Waals surface area contributed by atoms with Gasteiger partial charge in [-0.2, -0.15) is 0 Å². The molecule has 0 unspecified atom stereocenters. The fourth-order valence-electron chi connectivity index (χ4n) is 2.00. The third kappa shape index (κ3) is 3.12. The minimum Gasteiger partial charge on any atom is -0.455 e. The molecule has 1 aliphatic heterocycles. The second-order valence-electron chi connectivity index (χ2n) is 4.54. The number of aliphatic hydroxyl groups is 4. The highest BCUT2D eigenvalue weighted by Gasteiger charge is 2.45. The van der Waals surface area contributed by atoms with E-state index in [1.54, 1.807) is 0 Å². The average Bonchev–Trinajstić information content (AvgIpc) is 2.48. The number of nitro groups is 1. The first-order valence-electron chi connectivity index (χ1n) is 6.16. The van der Waals surface area contributed by atoms with Crippen LogP contribution in [0.25, 0.3) is 0 Å². The zero-order valence-corrected chi connectivity index (χ0v) is 10.8. The molecular weight excluding hydrogens is 286 g/mol. The van der Waals surface area contributed by atoms with E-state index in [-0.39, 0.29) is 11.4 Å². The van der Waals surface area contributed by atoms with Crippen LogP contribution < -0.4 is 4.74 Å². The van der Waals surface area contributed by atoms with Crippen molar-refractivity contribution in [2.45, 2.75) is 30.7 Å². The lowest BCUT2D eigenvalue weighted by atomic mass is 9.99. The van der Waals surface area contributed by atoms with Gasteiger partial charge in [0.15, 0.2) is 5.75 Å². The molecule has 0 bridgehead atoms. The number of nitrogens with zero attached hydrogens (tertiary/aromatic N) is 1. The van der Waals surface area contributed by atoms with E-state index < -0.39 is 42.2 Å². The Labute approximate surface area is 119 Å². The molecule has 1 aliphatic rings. The van der Waals surface area contributed by atoms with E-state index >= 15 is 0 Å². The monoisotopic (exact) mass is 301 g/mol. The first kappa shape index (κ1) is 15.6. The lowest BCUT2D eigenvalue weighted by molar-refractivity contribution is -0.387. The molecule has 0 aliphatic carbocycles. The number of rotatable bonds is 4. The Morgan fingerprint density at radius 3 is 2.48 bits per heavy atom. The molecule has 1 fully saturated rings. The van der Waals surface area contributed by atoms with E-state index in [2.05, 4.69) is 0 Å². The Bertz CT molecular complexity index is 508. The first-order valence-corrected chi connectivity index (χ1v) is 6.16. The fraction of sp³-hybridized carbons (Fsp3) is 0.500. The number of hydrogen-bond donors (Lipinski definition) is 4. The van der Waals surface area contributed by atoms with E-state index in [0.29, 0.717) is 0 Å². The summed E-state index contributed by atoms with van der Waals surface area (Å²) in [6.07, 6.45) is -7.35. The SMILES string of the molecule is O=[N+]([O-])c1ccccc1O[C@H]1O[C@H](CO)[C@@H](O)[C@H](O)[C@@H]1O. The van der Waals surface area contributed by atoms with Gasteiger partial charge in [-0.05, 0) is 6.07 Å². The molecule has 1 saturated heterocycles. The molecule has 1 heterocycles. The molecule has 0 aromatic heterocycles. The largest absolute Gasteiger partial charge is 0.455 e. The van der Waals surface area contributed by atoms with Gasteiger partial charge in [-0.15, -0.1) is 0 Å². The van der Waals surface area contributed by atoms with Crippen molar-refractivity contribution in [3.05, 3.63) is 34.4 Å².